The van der Waals surface area contributed by atoms with Crippen LogP contribution >= 0.6 is 0 Å². The third-order valence-electron chi connectivity index (χ3n) is 3.79. The van der Waals surface area contributed by atoms with Gasteiger partial charge in [0.1, 0.15) is 5.92 Å². The first kappa shape index (κ1) is 11.7. The standard InChI is InChI=1S/C12H15NO5/c14-11(13-3-5-17-6-4-13)9-7-1-2-8(18-7)10(9)12(15)16/h1-2,7-10H,3-6H2,(H,15,16)/t7-,8+,9?,10?/m1/s1. The smallest absolute Gasteiger partial charge is 0.310 e. The number of hydrogen-bond donors (Lipinski definition) is 1. The number of ether oxygens (including phenoxy) is 2. The molecule has 0 radical (unpaired) electrons. The predicted molar refractivity (Wildman–Crippen MR) is 59.8 cm³/mol. The Kier molecular flexibility index (Phi) is 2.83. The van der Waals surface area contributed by atoms with E-state index in [2.05, 4.69) is 0 Å². The second kappa shape index (κ2) is 4.37. The van der Waals surface area contributed by atoms with Crippen molar-refractivity contribution in [3.8, 4) is 0 Å². The zero-order valence-corrected chi connectivity index (χ0v) is 9.82. The summed E-state index contributed by atoms with van der Waals surface area (Å²) in [5.41, 5.74) is 0. The van der Waals surface area contributed by atoms with Crippen molar-refractivity contribution < 1.29 is 24.2 Å². The Balaban J connectivity index is 1.79. The number of amides is 1. The molecular formula is C12H15NO5. The molecule has 0 aliphatic carbocycles. The Hall–Kier alpha value is -1.40. The van der Waals surface area contributed by atoms with Gasteiger partial charge in [0.25, 0.3) is 0 Å². The number of rotatable bonds is 2. The first-order valence-corrected chi connectivity index (χ1v) is 6.11. The number of aliphatic carboxylic acids is 1. The van der Waals surface area contributed by atoms with E-state index < -0.39 is 23.9 Å². The van der Waals surface area contributed by atoms with Gasteiger partial charge in [-0.1, -0.05) is 12.2 Å². The Bertz CT molecular complexity index is 401. The molecule has 6 heteroatoms. The average molecular weight is 253 g/mol. The van der Waals surface area contributed by atoms with E-state index in [1.165, 1.54) is 0 Å². The van der Waals surface area contributed by atoms with Gasteiger partial charge in [0.2, 0.25) is 5.91 Å². The number of carbonyl (C=O) groups excluding carboxylic acids is 1. The molecule has 3 rings (SSSR count). The molecule has 0 aromatic heterocycles. The van der Waals surface area contributed by atoms with E-state index in [0.29, 0.717) is 26.3 Å². The van der Waals surface area contributed by atoms with Crippen molar-refractivity contribution >= 4 is 11.9 Å². The third-order valence-corrected chi connectivity index (χ3v) is 3.79. The highest BCUT2D eigenvalue weighted by molar-refractivity contribution is 5.87. The van der Waals surface area contributed by atoms with Crippen LogP contribution in [-0.4, -0.2) is 60.4 Å². The summed E-state index contributed by atoms with van der Waals surface area (Å²) in [7, 11) is 0. The highest BCUT2D eigenvalue weighted by Gasteiger charge is 2.54. The number of carbonyl (C=O) groups is 2. The van der Waals surface area contributed by atoms with E-state index in [9.17, 15) is 14.7 Å². The van der Waals surface area contributed by atoms with E-state index in [1.54, 1.807) is 17.1 Å². The highest BCUT2D eigenvalue weighted by atomic mass is 16.5. The summed E-state index contributed by atoms with van der Waals surface area (Å²) in [5.74, 6) is -2.42. The molecular weight excluding hydrogens is 238 g/mol. The molecule has 6 nitrogen and oxygen atoms in total. The molecule has 2 unspecified atom stereocenters. The van der Waals surface area contributed by atoms with E-state index >= 15 is 0 Å². The van der Waals surface area contributed by atoms with Gasteiger partial charge in [0.15, 0.2) is 0 Å². The van der Waals surface area contributed by atoms with Crippen molar-refractivity contribution in [1.29, 1.82) is 0 Å². The second-order valence-electron chi connectivity index (χ2n) is 4.78. The summed E-state index contributed by atoms with van der Waals surface area (Å²) in [6, 6.07) is 0. The minimum atomic E-state index is -0.960. The van der Waals surface area contributed by atoms with Crippen LogP contribution in [0.3, 0.4) is 0 Å². The summed E-state index contributed by atoms with van der Waals surface area (Å²) < 4.78 is 10.7. The van der Waals surface area contributed by atoms with Crippen LogP contribution in [-0.2, 0) is 19.1 Å². The van der Waals surface area contributed by atoms with E-state index in [-0.39, 0.29) is 12.0 Å². The van der Waals surface area contributed by atoms with E-state index in [4.69, 9.17) is 9.47 Å². The molecule has 98 valence electrons. The maximum atomic E-state index is 12.4. The number of carboxylic acids is 1. The molecule has 18 heavy (non-hydrogen) atoms. The molecule has 3 heterocycles. The van der Waals surface area contributed by atoms with Gasteiger partial charge >= 0.3 is 5.97 Å². The van der Waals surface area contributed by atoms with Gasteiger partial charge in [0, 0.05) is 13.1 Å². The lowest BCUT2D eigenvalue weighted by molar-refractivity contribution is -0.151. The van der Waals surface area contributed by atoms with Crippen LogP contribution in [0.25, 0.3) is 0 Å². The van der Waals surface area contributed by atoms with Crippen molar-refractivity contribution in [3.05, 3.63) is 12.2 Å². The van der Waals surface area contributed by atoms with Crippen molar-refractivity contribution in [2.24, 2.45) is 11.8 Å². The number of carboxylic acid groups (broad SMARTS) is 1. The van der Waals surface area contributed by atoms with Crippen LogP contribution in [0.1, 0.15) is 0 Å². The van der Waals surface area contributed by atoms with Gasteiger partial charge in [-0.05, 0) is 0 Å². The molecule has 0 saturated carbocycles. The minimum Gasteiger partial charge on any atom is -0.481 e. The molecule has 2 bridgehead atoms. The van der Waals surface area contributed by atoms with Gasteiger partial charge in [-0.25, -0.2) is 0 Å². The number of hydrogen-bond acceptors (Lipinski definition) is 4. The van der Waals surface area contributed by atoms with Gasteiger partial charge in [-0.15, -0.1) is 0 Å². The highest BCUT2D eigenvalue weighted by Crippen LogP contribution is 2.40. The van der Waals surface area contributed by atoms with Crippen molar-refractivity contribution in [3.63, 3.8) is 0 Å². The SMILES string of the molecule is O=C(O)C1C(C(=O)N2CCOCC2)[C@H]2C=C[C@@H]1O2. The number of fused-ring (bicyclic) bond motifs is 2. The molecule has 0 aromatic rings. The molecule has 0 aromatic carbocycles. The van der Waals surface area contributed by atoms with Crippen molar-refractivity contribution in [2.45, 2.75) is 12.2 Å². The second-order valence-corrected chi connectivity index (χ2v) is 4.78. The van der Waals surface area contributed by atoms with Gasteiger partial charge in [-0.2, -0.15) is 0 Å². The topological polar surface area (TPSA) is 76.1 Å². The van der Waals surface area contributed by atoms with Gasteiger partial charge < -0.3 is 19.5 Å². The van der Waals surface area contributed by atoms with Crippen LogP contribution in [0.5, 0.6) is 0 Å². The molecule has 2 saturated heterocycles. The average Bonchev–Trinajstić information content (AvgIpc) is 2.99. The molecule has 1 N–H and O–H groups in total. The third kappa shape index (κ3) is 1.72. The fraction of sp³-hybridized carbons (Fsp3) is 0.667. The van der Waals surface area contributed by atoms with Crippen LogP contribution < -0.4 is 0 Å². The number of morpholine rings is 1. The summed E-state index contributed by atoms with van der Waals surface area (Å²) in [6.45, 7) is 2.09. The zero-order valence-electron chi connectivity index (χ0n) is 9.82. The maximum absolute atomic E-state index is 12.4. The Morgan fingerprint density at radius 2 is 1.72 bits per heavy atom. The summed E-state index contributed by atoms with van der Waals surface area (Å²) in [5, 5.41) is 9.24. The fourth-order valence-electron chi connectivity index (χ4n) is 2.89. The quantitative estimate of drug-likeness (QED) is 0.671. The zero-order chi connectivity index (χ0) is 12.7. The molecule has 3 aliphatic rings. The van der Waals surface area contributed by atoms with Crippen LogP contribution in [0.4, 0.5) is 0 Å². The Labute approximate surface area is 104 Å². The monoisotopic (exact) mass is 253 g/mol. The lowest BCUT2D eigenvalue weighted by atomic mass is 9.82. The summed E-state index contributed by atoms with van der Waals surface area (Å²) in [4.78, 5) is 25.4. The predicted octanol–water partition coefficient (Wildman–Crippen LogP) is -0.501. The molecule has 2 fully saturated rings. The normalized spacial score (nSPS) is 38.1. The molecule has 1 amide bonds. The maximum Gasteiger partial charge on any atom is 0.310 e. The van der Waals surface area contributed by atoms with Crippen LogP contribution in [0.15, 0.2) is 12.2 Å². The minimum absolute atomic E-state index is 0.123. The summed E-state index contributed by atoms with van der Waals surface area (Å²) >= 11 is 0. The largest absolute Gasteiger partial charge is 0.481 e. The first-order valence-electron chi connectivity index (χ1n) is 6.11. The number of nitrogens with zero attached hydrogens (tertiary/aromatic N) is 1. The van der Waals surface area contributed by atoms with E-state index in [0.717, 1.165) is 0 Å². The summed E-state index contributed by atoms with van der Waals surface area (Å²) in [6.07, 6.45) is 2.70. The molecule has 4 atom stereocenters. The molecule has 3 aliphatic heterocycles. The Morgan fingerprint density at radius 1 is 1.11 bits per heavy atom. The van der Waals surface area contributed by atoms with E-state index in [1.807, 2.05) is 0 Å². The fourth-order valence-corrected chi connectivity index (χ4v) is 2.89. The van der Waals surface area contributed by atoms with Gasteiger partial charge in [-0.3, -0.25) is 9.59 Å². The van der Waals surface area contributed by atoms with Crippen molar-refractivity contribution in [2.75, 3.05) is 26.3 Å². The lowest BCUT2D eigenvalue weighted by Gasteiger charge is -2.31. The molecule has 0 spiro atoms. The van der Waals surface area contributed by atoms with Gasteiger partial charge in [0.05, 0.1) is 31.3 Å². The van der Waals surface area contributed by atoms with Crippen molar-refractivity contribution in [1.82, 2.24) is 4.90 Å². The Morgan fingerprint density at radius 3 is 2.33 bits per heavy atom. The first-order chi connectivity index (χ1) is 8.68. The lowest BCUT2D eigenvalue weighted by Crippen LogP contribution is -2.48. The van der Waals surface area contributed by atoms with Crippen LogP contribution in [0, 0.1) is 11.8 Å². The van der Waals surface area contributed by atoms with Crippen LogP contribution in [0.2, 0.25) is 0 Å².